The summed E-state index contributed by atoms with van der Waals surface area (Å²) in [6.45, 7) is 37.2. The normalized spacial score (nSPS) is 15.7. The maximum absolute atomic E-state index is 8.58. The number of rotatable bonds is 11. The molecule has 0 bridgehead atoms. The van der Waals surface area contributed by atoms with Gasteiger partial charge in [0.1, 0.15) is 16.9 Å². The van der Waals surface area contributed by atoms with Gasteiger partial charge < -0.3 is 5.32 Å². The largest absolute Gasteiger partial charge is 0.373 e. The maximum atomic E-state index is 8.58. The summed E-state index contributed by atoms with van der Waals surface area (Å²) >= 11 is 0. The van der Waals surface area contributed by atoms with Crippen molar-refractivity contribution in [3.8, 4) is 6.07 Å². The third kappa shape index (κ3) is 19.6. The highest BCUT2D eigenvalue weighted by molar-refractivity contribution is 5.94. The van der Waals surface area contributed by atoms with Gasteiger partial charge in [-0.25, -0.2) is 6.57 Å². The van der Waals surface area contributed by atoms with Crippen LogP contribution in [0.15, 0.2) is 40.7 Å². The number of azo groups is 3. The van der Waals surface area contributed by atoms with E-state index < -0.39 is 11.2 Å². The summed E-state index contributed by atoms with van der Waals surface area (Å²) in [6, 6.07) is 1.97. The highest BCUT2D eigenvalue weighted by Crippen LogP contribution is 2.24. The molecule has 0 fully saturated rings. The molecule has 0 radical (unpaired) electrons. The highest BCUT2D eigenvalue weighted by atomic mass is 16.2. The Morgan fingerprint density at radius 2 is 1.35 bits per heavy atom. The molecule has 0 amide bonds. The Balaban J connectivity index is 0. The van der Waals surface area contributed by atoms with E-state index in [2.05, 4.69) is 106 Å². The van der Waals surface area contributed by atoms with Crippen molar-refractivity contribution in [1.82, 2.24) is 5.32 Å². The van der Waals surface area contributed by atoms with E-state index in [1.165, 1.54) is 12.1 Å². The standard InChI is InChI=1S/C13H23N5.C11H24N2.C8H12N4.CO2/c1-12(2,10-6-5-7-14-10)17-18-13(3,4)11-15-8-9-16-11;1-7-9-11(5,6)13-12-10(3,4)8-2;1-7(2,6-9)11-12-8(3,4)10-5;2-1-3/h5-9H2,1-4H3,(H,15,16);7-9H2,1-6H3;1-4H3;. The zero-order valence-corrected chi connectivity index (χ0v) is 30.9. The quantitative estimate of drug-likeness (QED) is 0.177. The average molecular weight is 642 g/mol. The zero-order chi connectivity index (χ0) is 36.3. The molecule has 0 atom stereocenters. The number of nitriles is 1. The summed E-state index contributed by atoms with van der Waals surface area (Å²) in [5, 5.41) is 37.2. The number of nitrogens with one attached hydrogen (secondary N) is 1. The molecule has 0 saturated carbocycles. The smallest absolute Gasteiger partial charge is 0.370 e. The molecule has 2 heterocycles. The Kier molecular flexibility index (Phi) is 19.1. The van der Waals surface area contributed by atoms with Crippen molar-refractivity contribution in [2.45, 2.75) is 162 Å². The second-order valence-corrected chi connectivity index (χ2v) is 14.4. The van der Waals surface area contributed by atoms with Gasteiger partial charge in [-0.2, -0.15) is 40.4 Å². The number of nitrogens with zero attached hydrogens (tertiary/aromatic N) is 10. The lowest BCUT2D eigenvalue weighted by Gasteiger charge is -2.23. The second kappa shape index (κ2) is 19.7. The molecule has 258 valence electrons. The van der Waals surface area contributed by atoms with Gasteiger partial charge in [0, 0.05) is 32.6 Å². The fourth-order valence-electron chi connectivity index (χ4n) is 3.50. The van der Waals surface area contributed by atoms with Gasteiger partial charge in [0.15, 0.2) is 5.54 Å². The molecule has 0 saturated heterocycles. The van der Waals surface area contributed by atoms with Crippen LogP contribution in [0.3, 0.4) is 0 Å². The van der Waals surface area contributed by atoms with Gasteiger partial charge >= 0.3 is 11.8 Å². The van der Waals surface area contributed by atoms with Crippen molar-refractivity contribution in [3.05, 3.63) is 11.4 Å². The van der Waals surface area contributed by atoms with Crippen LogP contribution in [0.1, 0.15) is 129 Å². The van der Waals surface area contributed by atoms with Crippen molar-refractivity contribution in [2.75, 3.05) is 19.6 Å². The summed E-state index contributed by atoms with van der Waals surface area (Å²) in [5.74, 6) is 0.940. The summed E-state index contributed by atoms with van der Waals surface area (Å²) in [5.41, 5.74) is -1.15. The van der Waals surface area contributed by atoms with Gasteiger partial charge in [-0.3, -0.25) is 14.8 Å². The van der Waals surface area contributed by atoms with Gasteiger partial charge in [0.05, 0.1) is 23.7 Å². The monoisotopic (exact) mass is 641 g/mol. The summed E-state index contributed by atoms with van der Waals surface area (Å²) in [6.07, 6.45) is 5.76. The SMILES string of the molecule is CC(C)(N=NC(C)(C)C1=NCCN1)C1=NCCC1.CCCC(C)(C)N=NC(C)(C)CC.O=C=O.[C-]#[N+]C(C)(C)N=NC(C)(C)C#N. The topological polar surface area (TPSA) is 173 Å². The van der Waals surface area contributed by atoms with E-state index in [0.717, 1.165) is 51.2 Å². The van der Waals surface area contributed by atoms with Gasteiger partial charge in [0.25, 0.3) is 0 Å². The predicted molar refractivity (Wildman–Crippen MR) is 183 cm³/mol. The van der Waals surface area contributed by atoms with Gasteiger partial charge in [-0.1, -0.05) is 20.3 Å². The van der Waals surface area contributed by atoms with Crippen LogP contribution >= 0.6 is 0 Å². The van der Waals surface area contributed by atoms with E-state index in [1.807, 2.05) is 19.9 Å². The number of hydrogen-bond donors (Lipinski definition) is 1. The van der Waals surface area contributed by atoms with Crippen molar-refractivity contribution >= 4 is 17.7 Å². The van der Waals surface area contributed by atoms with E-state index in [-0.39, 0.29) is 28.3 Å². The first kappa shape index (κ1) is 44.4. The molecule has 0 aromatic heterocycles. The first-order chi connectivity index (χ1) is 21.0. The minimum Gasteiger partial charge on any atom is -0.370 e. The molecule has 1 N–H and O–H groups in total. The van der Waals surface area contributed by atoms with Gasteiger partial charge in [-0.15, -0.1) is 5.11 Å². The van der Waals surface area contributed by atoms with Gasteiger partial charge in [0.2, 0.25) is 0 Å². The molecule has 0 aromatic carbocycles. The molecule has 13 nitrogen and oxygen atoms in total. The molecule has 2 aliphatic heterocycles. The second-order valence-electron chi connectivity index (χ2n) is 14.4. The Morgan fingerprint density at radius 3 is 1.76 bits per heavy atom. The Hall–Kier alpha value is -3.70. The minimum absolute atomic E-state index is 0.00497. The highest BCUT2D eigenvalue weighted by Gasteiger charge is 2.31. The molecule has 13 heteroatoms. The van der Waals surface area contributed by atoms with Crippen LogP contribution in [0, 0.1) is 17.9 Å². The third-order valence-corrected chi connectivity index (χ3v) is 6.79. The van der Waals surface area contributed by atoms with Crippen LogP contribution in [-0.2, 0) is 9.59 Å². The fourth-order valence-corrected chi connectivity index (χ4v) is 3.50. The molecule has 2 aliphatic rings. The summed E-state index contributed by atoms with van der Waals surface area (Å²) in [4.78, 5) is 28.4. The van der Waals surface area contributed by atoms with E-state index in [1.54, 1.807) is 27.7 Å². The van der Waals surface area contributed by atoms with Crippen molar-refractivity contribution in [2.24, 2.45) is 40.7 Å². The van der Waals surface area contributed by atoms with Crippen LogP contribution in [-0.4, -0.2) is 70.7 Å². The number of aliphatic imine (C=N–C) groups is 2. The van der Waals surface area contributed by atoms with Crippen LogP contribution in [0.5, 0.6) is 0 Å². The molecular weight excluding hydrogens is 582 g/mol. The molecule has 0 unspecified atom stereocenters. The Labute approximate surface area is 277 Å². The first-order valence-electron chi connectivity index (χ1n) is 15.9. The fraction of sp³-hybridized carbons (Fsp3) is 0.848. The molecule has 0 spiro atoms. The lowest BCUT2D eigenvalue weighted by molar-refractivity contribution is -0.191. The van der Waals surface area contributed by atoms with Crippen molar-refractivity contribution < 1.29 is 9.59 Å². The maximum Gasteiger partial charge on any atom is 0.373 e. The predicted octanol–water partition coefficient (Wildman–Crippen LogP) is 8.25. The van der Waals surface area contributed by atoms with Crippen LogP contribution in [0.4, 0.5) is 0 Å². The van der Waals surface area contributed by atoms with Crippen LogP contribution < -0.4 is 5.32 Å². The Morgan fingerprint density at radius 1 is 0.804 bits per heavy atom. The molecule has 2 rings (SSSR count). The molecule has 0 aromatic rings. The van der Waals surface area contributed by atoms with Crippen LogP contribution in [0.2, 0.25) is 0 Å². The van der Waals surface area contributed by atoms with E-state index in [4.69, 9.17) is 21.4 Å². The van der Waals surface area contributed by atoms with Crippen molar-refractivity contribution in [3.63, 3.8) is 0 Å². The van der Waals surface area contributed by atoms with E-state index in [9.17, 15) is 0 Å². The molecule has 0 aliphatic carbocycles. The Bertz CT molecular complexity index is 1140. The van der Waals surface area contributed by atoms with E-state index in [0.29, 0.717) is 0 Å². The van der Waals surface area contributed by atoms with E-state index >= 15 is 0 Å². The van der Waals surface area contributed by atoms with Crippen LogP contribution in [0.25, 0.3) is 4.85 Å². The minimum atomic E-state index is -0.853. The number of amidine groups is 1. The third-order valence-electron chi connectivity index (χ3n) is 6.79. The number of carbonyl (C=O) groups excluding carboxylic acids is 2. The first-order valence-corrected chi connectivity index (χ1v) is 15.9. The summed E-state index contributed by atoms with van der Waals surface area (Å²) < 4.78 is 0. The summed E-state index contributed by atoms with van der Waals surface area (Å²) in [7, 11) is 0. The van der Waals surface area contributed by atoms with Gasteiger partial charge in [-0.05, 0) is 94.9 Å². The lowest BCUT2D eigenvalue weighted by Crippen LogP contribution is -2.39. The van der Waals surface area contributed by atoms with Crippen molar-refractivity contribution in [1.29, 1.82) is 5.26 Å². The lowest BCUT2D eigenvalue weighted by atomic mass is 9.97. The average Bonchev–Trinajstić information content (AvgIpc) is 3.72. The molecule has 46 heavy (non-hydrogen) atoms. The molecular formula is C33H59N11O2. The zero-order valence-electron chi connectivity index (χ0n) is 30.9. The number of hydrogen-bond acceptors (Lipinski definition) is 12.